The molecule has 0 saturated heterocycles. The highest BCUT2D eigenvalue weighted by Crippen LogP contribution is 2.06. The summed E-state index contributed by atoms with van der Waals surface area (Å²) >= 11 is 0. The molecule has 160 valence electrons. The second-order valence-electron chi connectivity index (χ2n) is 6.64. The molecule has 0 aliphatic heterocycles. The van der Waals surface area contributed by atoms with Crippen LogP contribution >= 0.6 is 0 Å². The van der Waals surface area contributed by atoms with Gasteiger partial charge in [-0.15, -0.1) is 0 Å². The monoisotopic (exact) mass is 417 g/mol. The Morgan fingerprint density at radius 1 is 1.00 bits per heavy atom. The zero-order valence-electron chi connectivity index (χ0n) is 15.9. The van der Waals surface area contributed by atoms with Crippen LogP contribution in [0.15, 0.2) is 42.9 Å². The largest absolute Gasteiger partial charge is 0.481 e. The topological polar surface area (TPSA) is 188 Å². The van der Waals surface area contributed by atoms with E-state index in [-0.39, 0.29) is 12.8 Å². The van der Waals surface area contributed by atoms with Crippen molar-refractivity contribution in [1.82, 2.24) is 20.6 Å². The van der Waals surface area contributed by atoms with E-state index in [2.05, 4.69) is 20.6 Å². The van der Waals surface area contributed by atoms with Crippen molar-refractivity contribution < 1.29 is 29.4 Å². The van der Waals surface area contributed by atoms with Gasteiger partial charge in [-0.25, -0.2) is 9.78 Å². The Morgan fingerprint density at radius 2 is 1.67 bits per heavy atom. The second-order valence-corrected chi connectivity index (χ2v) is 6.64. The fourth-order valence-electron chi connectivity index (χ4n) is 2.71. The van der Waals surface area contributed by atoms with Crippen molar-refractivity contribution in [2.45, 2.75) is 37.4 Å². The number of aromatic amines is 1. The van der Waals surface area contributed by atoms with E-state index >= 15 is 0 Å². The van der Waals surface area contributed by atoms with Crippen LogP contribution in [0.4, 0.5) is 0 Å². The number of nitrogens with two attached hydrogens (primary N) is 1. The van der Waals surface area contributed by atoms with Gasteiger partial charge < -0.3 is 31.6 Å². The SMILES string of the molecule is N[C@@H](CC(=O)O)C(=O)N[C@@H](Cc1ccccc1)C(=O)N[C@@H](Cc1cnc[nH]1)C(=O)O. The molecule has 3 atom stereocenters. The van der Waals surface area contributed by atoms with E-state index in [9.17, 15) is 24.3 Å². The molecule has 7 N–H and O–H groups in total. The molecule has 1 heterocycles. The number of aromatic nitrogens is 2. The minimum atomic E-state index is -1.35. The number of carboxylic acids is 2. The molecule has 2 aromatic rings. The highest BCUT2D eigenvalue weighted by atomic mass is 16.4. The van der Waals surface area contributed by atoms with Crippen molar-refractivity contribution in [3.63, 3.8) is 0 Å². The van der Waals surface area contributed by atoms with E-state index in [1.807, 2.05) is 0 Å². The average molecular weight is 417 g/mol. The molecule has 0 bridgehead atoms. The molecule has 0 aliphatic rings. The minimum absolute atomic E-state index is 0.0361. The number of benzene rings is 1. The maximum Gasteiger partial charge on any atom is 0.326 e. The molecule has 2 amide bonds. The van der Waals surface area contributed by atoms with Crippen LogP contribution in [0.3, 0.4) is 0 Å². The van der Waals surface area contributed by atoms with Gasteiger partial charge in [0.1, 0.15) is 12.1 Å². The number of imidazole rings is 1. The third kappa shape index (κ3) is 7.02. The number of hydrogen-bond acceptors (Lipinski definition) is 6. The van der Waals surface area contributed by atoms with Crippen molar-refractivity contribution in [3.8, 4) is 0 Å². The van der Waals surface area contributed by atoms with Crippen molar-refractivity contribution >= 4 is 23.8 Å². The Kier molecular flexibility index (Phi) is 8.06. The van der Waals surface area contributed by atoms with E-state index in [1.54, 1.807) is 30.3 Å². The number of carbonyl (C=O) groups is 4. The number of amides is 2. The normalized spacial score (nSPS) is 13.6. The molecule has 11 heteroatoms. The highest BCUT2D eigenvalue weighted by Gasteiger charge is 2.29. The molecular formula is C19H23N5O6. The van der Waals surface area contributed by atoms with Gasteiger partial charge >= 0.3 is 11.9 Å². The van der Waals surface area contributed by atoms with Gasteiger partial charge in [-0.3, -0.25) is 14.4 Å². The number of nitrogens with zero attached hydrogens (tertiary/aromatic N) is 1. The van der Waals surface area contributed by atoms with E-state index in [0.717, 1.165) is 0 Å². The standard InChI is InChI=1S/C19H23N5O6/c20-13(8-16(25)26)17(27)23-14(6-11-4-2-1-3-5-11)18(28)24-15(19(29)30)7-12-9-21-10-22-12/h1-5,9-10,13-15H,6-8,20H2,(H,21,22)(H,23,27)(H,24,28)(H,25,26)(H,29,30)/t13-,14-,15-/m0/s1. The van der Waals surface area contributed by atoms with E-state index < -0.39 is 48.3 Å². The summed E-state index contributed by atoms with van der Waals surface area (Å²) in [4.78, 5) is 54.0. The summed E-state index contributed by atoms with van der Waals surface area (Å²) in [6, 6.07) is 5.00. The number of rotatable bonds is 11. The van der Waals surface area contributed by atoms with Crippen LogP contribution in [0.1, 0.15) is 17.7 Å². The third-order valence-electron chi connectivity index (χ3n) is 4.24. The number of H-pyrrole nitrogens is 1. The van der Waals surface area contributed by atoms with Crippen molar-refractivity contribution in [1.29, 1.82) is 0 Å². The maximum absolute atomic E-state index is 12.8. The fourth-order valence-corrected chi connectivity index (χ4v) is 2.71. The van der Waals surface area contributed by atoms with Gasteiger partial charge in [0.25, 0.3) is 0 Å². The lowest BCUT2D eigenvalue weighted by Crippen LogP contribution is -2.55. The third-order valence-corrected chi connectivity index (χ3v) is 4.24. The van der Waals surface area contributed by atoms with Crippen LogP contribution in [-0.4, -0.2) is 62.1 Å². The predicted octanol–water partition coefficient (Wildman–Crippen LogP) is -0.949. The van der Waals surface area contributed by atoms with Gasteiger partial charge in [0.15, 0.2) is 0 Å². The Morgan fingerprint density at radius 3 is 2.23 bits per heavy atom. The number of carbonyl (C=O) groups excluding carboxylic acids is 2. The Hall–Kier alpha value is -3.73. The average Bonchev–Trinajstić information content (AvgIpc) is 3.20. The van der Waals surface area contributed by atoms with Crippen LogP contribution in [0.2, 0.25) is 0 Å². The Labute approximate surface area is 171 Å². The molecule has 2 rings (SSSR count). The van der Waals surface area contributed by atoms with Crippen LogP contribution in [0.25, 0.3) is 0 Å². The first-order chi connectivity index (χ1) is 14.3. The molecule has 0 fully saturated rings. The lowest BCUT2D eigenvalue weighted by molar-refractivity contribution is -0.142. The van der Waals surface area contributed by atoms with Gasteiger partial charge in [-0.1, -0.05) is 30.3 Å². The summed E-state index contributed by atoms with van der Waals surface area (Å²) in [6.45, 7) is 0. The molecule has 1 aromatic carbocycles. The van der Waals surface area contributed by atoms with Crippen LogP contribution in [-0.2, 0) is 32.0 Å². The zero-order chi connectivity index (χ0) is 22.1. The summed E-state index contributed by atoms with van der Waals surface area (Å²) in [6.07, 6.45) is 2.25. The number of aliphatic carboxylic acids is 2. The first-order valence-corrected chi connectivity index (χ1v) is 9.08. The molecule has 0 unspecified atom stereocenters. The molecule has 0 saturated carbocycles. The molecule has 0 radical (unpaired) electrons. The summed E-state index contributed by atoms with van der Waals surface area (Å²) in [5.41, 5.74) is 6.79. The van der Waals surface area contributed by atoms with Gasteiger partial charge in [-0.2, -0.15) is 0 Å². The minimum Gasteiger partial charge on any atom is -0.481 e. The number of nitrogens with one attached hydrogen (secondary N) is 3. The van der Waals surface area contributed by atoms with Crippen molar-refractivity contribution in [3.05, 3.63) is 54.1 Å². The molecular weight excluding hydrogens is 394 g/mol. The fraction of sp³-hybridized carbons (Fsp3) is 0.316. The van der Waals surface area contributed by atoms with E-state index in [4.69, 9.17) is 10.8 Å². The highest BCUT2D eigenvalue weighted by molar-refractivity contribution is 5.93. The second kappa shape index (κ2) is 10.7. The number of hydrogen-bond donors (Lipinski definition) is 6. The first-order valence-electron chi connectivity index (χ1n) is 9.08. The van der Waals surface area contributed by atoms with Crippen LogP contribution < -0.4 is 16.4 Å². The van der Waals surface area contributed by atoms with Gasteiger partial charge in [0.05, 0.1) is 18.8 Å². The van der Waals surface area contributed by atoms with Crippen LogP contribution in [0.5, 0.6) is 0 Å². The Balaban J connectivity index is 2.14. The first kappa shape index (κ1) is 22.6. The van der Waals surface area contributed by atoms with Crippen molar-refractivity contribution in [2.75, 3.05) is 0 Å². The maximum atomic E-state index is 12.8. The summed E-state index contributed by atoms with van der Waals surface area (Å²) < 4.78 is 0. The molecule has 0 aliphatic carbocycles. The van der Waals surface area contributed by atoms with E-state index in [0.29, 0.717) is 11.3 Å². The smallest absolute Gasteiger partial charge is 0.326 e. The molecule has 30 heavy (non-hydrogen) atoms. The summed E-state index contributed by atoms with van der Waals surface area (Å²) in [7, 11) is 0. The van der Waals surface area contributed by atoms with Gasteiger partial charge in [-0.05, 0) is 5.56 Å². The van der Waals surface area contributed by atoms with Crippen LogP contribution in [0, 0.1) is 0 Å². The lowest BCUT2D eigenvalue weighted by atomic mass is 10.0. The Bertz CT molecular complexity index is 871. The number of carboxylic acid groups (broad SMARTS) is 2. The molecule has 1 aromatic heterocycles. The van der Waals surface area contributed by atoms with Gasteiger partial charge in [0.2, 0.25) is 11.8 Å². The molecule has 0 spiro atoms. The molecule has 11 nitrogen and oxygen atoms in total. The quantitative estimate of drug-likeness (QED) is 0.270. The summed E-state index contributed by atoms with van der Waals surface area (Å²) in [5.74, 6) is -4.08. The van der Waals surface area contributed by atoms with Gasteiger partial charge in [0, 0.05) is 24.7 Å². The van der Waals surface area contributed by atoms with Crippen molar-refractivity contribution in [2.24, 2.45) is 5.73 Å². The lowest BCUT2D eigenvalue weighted by Gasteiger charge is -2.22. The summed E-state index contributed by atoms with van der Waals surface area (Å²) in [5, 5.41) is 23.1. The zero-order valence-corrected chi connectivity index (χ0v) is 15.9. The predicted molar refractivity (Wildman–Crippen MR) is 104 cm³/mol. The van der Waals surface area contributed by atoms with E-state index in [1.165, 1.54) is 12.5 Å².